The van der Waals surface area contributed by atoms with Gasteiger partial charge in [0.25, 0.3) is 0 Å². The van der Waals surface area contributed by atoms with E-state index in [-0.39, 0.29) is 47.3 Å². The predicted octanol–water partition coefficient (Wildman–Crippen LogP) is 8.84. The number of anilines is 15. The van der Waals surface area contributed by atoms with Crippen LogP contribution in [0.2, 0.25) is 0 Å². The lowest BCUT2D eigenvalue weighted by molar-refractivity contribution is -0.120. The lowest BCUT2D eigenvalue weighted by Crippen LogP contribution is -2.54. The zero-order chi connectivity index (χ0) is 60.8. The van der Waals surface area contributed by atoms with Gasteiger partial charge in [-0.15, -0.1) is 0 Å². The molecule has 0 fully saturated rings. The fourth-order valence-electron chi connectivity index (χ4n) is 9.83. The Morgan fingerprint density at radius 1 is 0.566 bits per heavy atom. The van der Waals surface area contributed by atoms with Crippen LogP contribution >= 0.6 is 0 Å². The molecule has 6 aromatic rings. The zero-order valence-electron chi connectivity index (χ0n) is 50.7. The minimum atomic E-state index is -0.300. The number of hydrogen-bond acceptors (Lipinski definition) is 21. The molecule has 0 spiro atoms. The number of carbonyl (C=O) groups excluding carboxylic acids is 3. The molecule has 0 aliphatic carbocycles. The standard InChI is InChI=1S/2C20H28N6O2.C19H26N6O2/c1-12-18(27)25(5)15-10-22-19(24-17(15)26(12)11-20(2,3)4)23-14-8-7-13(21)9-16(14)28-6;1-12(2)8-9-26-13(3)19(27)25(4)16-11-22-20(24-18(16)26)23-15-7-6-14(21)10-17(15)28-5;1-6-14-18(26)24(4)15-10-21-19(23-17(15)25(14)11(2)3)22-13-8-7-12(20)9-16(13)27-5/h7-10,12H,11,21H2,1-6H3,(H,22,23,24);6-7,10-13H,8-9,21H2,1-5H3,(H,22,23,24);7-11,14H,6,20H2,1-5H3,(H,21,22,23)/t12-;13-;14-/m111/s1. The highest BCUT2D eigenvalue weighted by Gasteiger charge is 2.40. The van der Waals surface area contributed by atoms with Gasteiger partial charge in [-0.2, -0.15) is 15.0 Å². The number of nitrogens with one attached hydrogen (secondary N) is 3. The first kappa shape index (κ1) is 61.5. The molecule has 6 heterocycles. The van der Waals surface area contributed by atoms with Gasteiger partial charge in [-0.1, -0.05) is 41.5 Å². The summed E-state index contributed by atoms with van der Waals surface area (Å²) in [7, 11) is 10.0. The number of benzene rings is 3. The molecule has 3 aromatic carbocycles. The molecule has 9 N–H and O–H groups in total. The lowest BCUT2D eigenvalue weighted by Gasteiger charge is -2.42. The van der Waals surface area contributed by atoms with E-state index in [2.05, 4.69) is 89.2 Å². The fraction of sp³-hybridized carbons (Fsp3) is 0.441. The Balaban J connectivity index is 0.000000179. The molecule has 83 heavy (non-hydrogen) atoms. The van der Waals surface area contributed by atoms with E-state index in [4.69, 9.17) is 46.4 Å². The van der Waals surface area contributed by atoms with Crippen molar-refractivity contribution in [3.8, 4) is 17.2 Å². The fourth-order valence-corrected chi connectivity index (χ4v) is 9.83. The van der Waals surface area contributed by atoms with Crippen molar-refractivity contribution < 1.29 is 28.6 Å². The summed E-state index contributed by atoms with van der Waals surface area (Å²) in [5, 5.41) is 9.57. The first-order chi connectivity index (χ1) is 39.3. The first-order valence-corrected chi connectivity index (χ1v) is 27.7. The molecule has 0 bridgehead atoms. The number of nitrogens with zero attached hydrogens (tertiary/aromatic N) is 12. The quantitative estimate of drug-likeness (QED) is 0.0523. The van der Waals surface area contributed by atoms with Gasteiger partial charge in [0.2, 0.25) is 35.6 Å². The summed E-state index contributed by atoms with van der Waals surface area (Å²) in [6.45, 7) is 22.2. The highest BCUT2D eigenvalue weighted by molar-refractivity contribution is 6.06. The van der Waals surface area contributed by atoms with Crippen molar-refractivity contribution in [2.45, 2.75) is 106 Å². The predicted molar refractivity (Wildman–Crippen MR) is 333 cm³/mol. The van der Waals surface area contributed by atoms with Crippen LogP contribution in [0.4, 0.5) is 86.5 Å². The van der Waals surface area contributed by atoms with Gasteiger partial charge in [-0.05, 0) is 88.3 Å². The average Bonchev–Trinajstić information content (AvgIpc) is 3.64. The summed E-state index contributed by atoms with van der Waals surface area (Å²) in [4.78, 5) is 76.4. The minimum Gasteiger partial charge on any atom is -0.494 e. The van der Waals surface area contributed by atoms with Gasteiger partial charge < -0.3 is 76.8 Å². The number of carbonyl (C=O) groups is 3. The third-order valence-electron chi connectivity index (χ3n) is 14.3. The van der Waals surface area contributed by atoms with Crippen molar-refractivity contribution in [1.82, 2.24) is 29.9 Å². The normalized spacial score (nSPS) is 16.6. The van der Waals surface area contributed by atoms with Crippen molar-refractivity contribution in [2.75, 3.05) is 118 Å². The third-order valence-corrected chi connectivity index (χ3v) is 14.3. The second-order valence-electron chi connectivity index (χ2n) is 22.5. The molecule has 3 aromatic heterocycles. The van der Waals surface area contributed by atoms with Crippen molar-refractivity contribution in [2.24, 2.45) is 11.3 Å². The second-order valence-corrected chi connectivity index (χ2v) is 22.5. The topological polar surface area (TPSA) is 290 Å². The summed E-state index contributed by atoms with van der Waals surface area (Å²) in [6, 6.07) is 15.3. The molecule has 0 unspecified atom stereocenters. The molecule has 0 saturated carbocycles. The summed E-state index contributed by atoms with van der Waals surface area (Å²) in [6.07, 6.45) is 6.71. The summed E-state index contributed by atoms with van der Waals surface area (Å²) in [5.74, 6) is 6.00. The number of hydrogen-bond donors (Lipinski definition) is 6. The van der Waals surface area contributed by atoms with Crippen LogP contribution in [0.3, 0.4) is 0 Å². The Labute approximate surface area is 487 Å². The molecule has 0 radical (unpaired) electrons. The molecule has 3 atom stereocenters. The number of likely N-dealkylation sites (N-methyl/N-ethyl adjacent to an activating group) is 3. The molecule has 3 amide bonds. The molecule has 24 heteroatoms. The van der Waals surface area contributed by atoms with Crippen LogP contribution in [0.25, 0.3) is 0 Å². The summed E-state index contributed by atoms with van der Waals surface area (Å²) in [5.41, 5.74) is 23.6. The number of fused-ring (bicyclic) bond motifs is 3. The van der Waals surface area contributed by atoms with Gasteiger partial charge in [-0.25, -0.2) is 15.0 Å². The SMILES string of the molecule is CC[C@@H]1C(=O)N(C)c2cnc(Nc3ccc(N)cc3OC)nc2N1C(C)C.COc1cc(N)ccc1Nc1ncc2c(n1)N(CC(C)(C)C)[C@H](C)C(=O)N2C.COc1cc(N)ccc1Nc1ncc2c(n1)N(CCC(C)C)[C@H](C)C(=O)N2C. The molecular weight excluding hydrogens is 1060 g/mol. The van der Waals surface area contributed by atoms with E-state index in [0.717, 1.165) is 41.8 Å². The van der Waals surface area contributed by atoms with Crippen molar-refractivity contribution in [1.29, 1.82) is 0 Å². The van der Waals surface area contributed by atoms with E-state index >= 15 is 0 Å². The Morgan fingerprint density at radius 2 is 0.928 bits per heavy atom. The largest absolute Gasteiger partial charge is 0.494 e. The van der Waals surface area contributed by atoms with Gasteiger partial charge in [0, 0.05) is 75.5 Å². The monoisotopic (exact) mass is 1140 g/mol. The summed E-state index contributed by atoms with van der Waals surface area (Å²) >= 11 is 0. The number of ether oxygens (including phenoxy) is 3. The lowest BCUT2D eigenvalue weighted by atomic mass is 9.94. The summed E-state index contributed by atoms with van der Waals surface area (Å²) < 4.78 is 16.1. The van der Waals surface area contributed by atoms with Crippen LogP contribution in [0, 0.1) is 11.3 Å². The number of amides is 3. The number of methoxy groups -OCH3 is 3. The maximum atomic E-state index is 12.7. The molecule has 3 aliphatic rings. The van der Waals surface area contributed by atoms with E-state index in [1.807, 2.05) is 43.9 Å². The van der Waals surface area contributed by atoms with Crippen molar-refractivity contribution >= 4 is 104 Å². The average molecular weight is 1140 g/mol. The third kappa shape index (κ3) is 13.8. The van der Waals surface area contributed by atoms with Crippen LogP contribution in [0.15, 0.2) is 73.2 Å². The molecular formula is C59H82N18O6. The number of aromatic nitrogens is 6. The van der Waals surface area contributed by atoms with Gasteiger partial charge >= 0.3 is 0 Å². The van der Waals surface area contributed by atoms with E-state index in [0.29, 0.717) is 93.8 Å². The maximum Gasteiger partial charge on any atom is 0.249 e. The zero-order valence-corrected chi connectivity index (χ0v) is 50.7. The Hall–Kier alpha value is -9.09. The molecule has 24 nitrogen and oxygen atoms in total. The van der Waals surface area contributed by atoms with Gasteiger partial charge in [0.15, 0.2) is 17.5 Å². The smallest absolute Gasteiger partial charge is 0.249 e. The Morgan fingerprint density at radius 3 is 1.29 bits per heavy atom. The van der Waals surface area contributed by atoms with Crippen LogP contribution in [0.1, 0.15) is 82.1 Å². The van der Waals surface area contributed by atoms with E-state index < -0.39 is 0 Å². The van der Waals surface area contributed by atoms with Crippen LogP contribution in [-0.4, -0.2) is 127 Å². The van der Waals surface area contributed by atoms with Gasteiger partial charge in [0.05, 0.1) is 57.0 Å². The van der Waals surface area contributed by atoms with Crippen LogP contribution < -0.4 is 76.8 Å². The van der Waals surface area contributed by atoms with Gasteiger partial charge in [-0.3, -0.25) is 14.4 Å². The second kappa shape index (κ2) is 25.8. The van der Waals surface area contributed by atoms with Crippen molar-refractivity contribution in [3.63, 3.8) is 0 Å². The number of nitrogens with two attached hydrogens (primary N) is 3. The molecule has 0 saturated heterocycles. The molecule has 9 rings (SSSR count). The number of rotatable bonds is 15. The Kier molecular flexibility index (Phi) is 19.1. The van der Waals surface area contributed by atoms with E-state index in [1.165, 1.54) is 0 Å². The minimum absolute atomic E-state index is 0.000437. The van der Waals surface area contributed by atoms with E-state index in [1.54, 1.807) is 112 Å². The van der Waals surface area contributed by atoms with Crippen molar-refractivity contribution in [3.05, 3.63) is 73.2 Å². The number of nitrogen functional groups attached to an aromatic ring is 3. The van der Waals surface area contributed by atoms with Crippen LogP contribution in [0.5, 0.6) is 17.2 Å². The Bertz CT molecular complexity index is 3300. The molecule has 444 valence electrons. The van der Waals surface area contributed by atoms with Crippen LogP contribution in [-0.2, 0) is 14.4 Å². The maximum absolute atomic E-state index is 12.7. The highest BCUT2D eigenvalue weighted by atomic mass is 16.5. The van der Waals surface area contributed by atoms with Gasteiger partial charge in [0.1, 0.15) is 52.4 Å². The highest BCUT2D eigenvalue weighted by Crippen LogP contribution is 2.40. The molecule has 3 aliphatic heterocycles. The van der Waals surface area contributed by atoms with E-state index in [9.17, 15) is 14.4 Å². The first-order valence-electron chi connectivity index (χ1n) is 27.7.